The summed E-state index contributed by atoms with van der Waals surface area (Å²) in [6.07, 6.45) is 6.39. The lowest BCUT2D eigenvalue weighted by Gasteiger charge is -2.38. The molecule has 1 aliphatic carbocycles. The zero-order valence-electron chi connectivity index (χ0n) is 14.7. The van der Waals surface area contributed by atoms with E-state index in [0.717, 1.165) is 63.8 Å². The Labute approximate surface area is 145 Å². The number of hydrogen-bond donors (Lipinski definition) is 0. The molecule has 2 heterocycles. The number of rotatable bonds is 6. The van der Waals surface area contributed by atoms with E-state index in [4.69, 9.17) is 14.2 Å². The number of nitrogens with zero attached hydrogens (tertiary/aromatic N) is 1. The molecule has 1 atom stereocenters. The molecule has 4 nitrogen and oxygen atoms in total. The highest BCUT2D eigenvalue weighted by Crippen LogP contribution is 2.38. The Kier molecular flexibility index (Phi) is 4.79. The van der Waals surface area contributed by atoms with Crippen LogP contribution in [-0.4, -0.2) is 50.0 Å². The van der Waals surface area contributed by atoms with Crippen LogP contribution in [0.4, 0.5) is 0 Å². The molecule has 3 fully saturated rings. The molecule has 4 heteroatoms. The average Bonchev–Trinajstić information content (AvgIpc) is 3.37. The second kappa shape index (κ2) is 7.03. The van der Waals surface area contributed by atoms with Crippen LogP contribution in [0.1, 0.15) is 37.7 Å². The monoisotopic (exact) mass is 331 g/mol. The van der Waals surface area contributed by atoms with E-state index < -0.39 is 0 Å². The van der Waals surface area contributed by atoms with Crippen molar-refractivity contribution in [2.24, 2.45) is 5.92 Å². The van der Waals surface area contributed by atoms with E-state index in [2.05, 4.69) is 23.1 Å². The number of ether oxygens (including phenoxy) is 3. The van der Waals surface area contributed by atoms with Gasteiger partial charge in [0.05, 0.1) is 25.4 Å². The van der Waals surface area contributed by atoms with Crippen LogP contribution in [0.25, 0.3) is 0 Å². The maximum absolute atomic E-state index is 6.21. The molecular formula is C20H29NO3. The van der Waals surface area contributed by atoms with Crippen molar-refractivity contribution in [3.63, 3.8) is 0 Å². The minimum Gasteiger partial charge on any atom is -0.497 e. The molecule has 2 saturated heterocycles. The van der Waals surface area contributed by atoms with Gasteiger partial charge in [0, 0.05) is 32.7 Å². The summed E-state index contributed by atoms with van der Waals surface area (Å²) in [5.74, 6) is 1.78. The first-order valence-electron chi connectivity index (χ1n) is 9.36. The van der Waals surface area contributed by atoms with Crippen LogP contribution in [0.15, 0.2) is 24.3 Å². The highest BCUT2D eigenvalue weighted by atomic mass is 16.6. The summed E-state index contributed by atoms with van der Waals surface area (Å²) in [6.45, 7) is 4.95. The molecule has 132 valence electrons. The van der Waals surface area contributed by atoms with E-state index in [1.165, 1.54) is 18.4 Å². The van der Waals surface area contributed by atoms with Gasteiger partial charge >= 0.3 is 0 Å². The van der Waals surface area contributed by atoms with Gasteiger partial charge < -0.3 is 14.2 Å². The summed E-state index contributed by atoms with van der Waals surface area (Å²) in [6, 6.07) is 8.39. The Bertz CT molecular complexity index is 550. The van der Waals surface area contributed by atoms with Crippen molar-refractivity contribution in [1.29, 1.82) is 0 Å². The zero-order chi connectivity index (χ0) is 16.4. The smallest absolute Gasteiger partial charge is 0.119 e. The van der Waals surface area contributed by atoms with Gasteiger partial charge in [-0.05, 0) is 49.3 Å². The fourth-order valence-corrected chi connectivity index (χ4v) is 3.96. The van der Waals surface area contributed by atoms with Crippen molar-refractivity contribution in [3.8, 4) is 5.75 Å². The first-order chi connectivity index (χ1) is 11.7. The molecule has 0 radical (unpaired) electrons. The number of piperidine rings is 1. The molecule has 1 aromatic rings. The minimum atomic E-state index is 0.0824. The highest BCUT2D eigenvalue weighted by Gasteiger charge is 2.43. The lowest BCUT2D eigenvalue weighted by Crippen LogP contribution is -2.43. The van der Waals surface area contributed by atoms with Crippen LogP contribution in [-0.2, 0) is 16.0 Å². The molecule has 1 saturated carbocycles. The predicted molar refractivity (Wildman–Crippen MR) is 93.3 cm³/mol. The van der Waals surface area contributed by atoms with Gasteiger partial charge in [-0.15, -0.1) is 0 Å². The van der Waals surface area contributed by atoms with Crippen LogP contribution >= 0.6 is 0 Å². The lowest BCUT2D eigenvalue weighted by molar-refractivity contribution is -0.0466. The molecule has 0 bridgehead atoms. The number of benzene rings is 1. The Morgan fingerprint density at radius 2 is 2.08 bits per heavy atom. The normalized spacial score (nSPS) is 26.8. The number of methoxy groups -OCH3 is 1. The molecule has 0 aromatic heterocycles. The summed E-state index contributed by atoms with van der Waals surface area (Å²) in [5.41, 5.74) is 1.40. The number of hydrogen-bond acceptors (Lipinski definition) is 4. The van der Waals surface area contributed by atoms with E-state index in [-0.39, 0.29) is 5.60 Å². The summed E-state index contributed by atoms with van der Waals surface area (Å²) >= 11 is 0. The van der Waals surface area contributed by atoms with Crippen molar-refractivity contribution < 1.29 is 14.2 Å². The fraction of sp³-hybridized carbons (Fsp3) is 0.700. The molecule has 2 aliphatic heterocycles. The van der Waals surface area contributed by atoms with Crippen molar-refractivity contribution in [1.82, 2.24) is 4.90 Å². The van der Waals surface area contributed by atoms with E-state index in [0.29, 0.717) is 6.10 Å². The molecule has 0 amide bonds. The van der Waals surface area contributed by atoms with Gasteiger partial charge in [0.1, 0.15) is 5.75 Å². The standard InChI is InChI=1S/C20H29NO3/c1-22-18-4-2-3-17(11-18)13-21-9-7-20(8-10-21)12-19(15-24-20)23-14-16-5-6-16/h2-4,11,16,19H,5-10,12-15H2,1H3/t19-/m1/s1. The average molecular weight is 331 g/mol. The Morgan fingerprint density at radius 3 is 2.83 bits per heavy atom. The minimum absolute atomic E-state index is 0.0824. The van der Waals surface area contributed by atoms with Crippen LogP contribution in [0, 0.1) is 5.92 Å². The van der Waals surface area contributed by atoms with Crippen LogP contribution in [0.3, 0.4) is 0 Å². The molecular weight excluding hydrogens is 302 g/mol. The predicted octanol–water partition coefficient (Wildman–Crippen LogP) is 3.25. The lowest BCUT2D eigenvalue weighted by atomic mass is 9.88. The van der Waals surface area contributed by atoms with Gasteiger partial charge in [0.15, 0.2) is 0 Å². The maximum Gasteiger partial charge on any atom is 0.119 e. The SMILES string of the molecule is COc1cccc(CN2CCC3(CC2)C[C@@H](OCC2CC2)CO3)c1. The summed E-state index contributed by atoms with van der Waals surface area (Å²) in [7, 11) is 1.73. The highest BCUT2D eigenvalue weighted by molar-refractivity contribution is 5.28. The van der Waals surface area contributed by atoms with Crippen molar-refractivity contribution in [2.75, 3.05) is 33.4 Å². The van der Waals surface area contributed by atoms with Gasteiger partial charge in [-0.3, -0.25) is 4.90 Å². The fourth-order valence-electron chi connectivity index (χ4n) is 3.96. The van der Waals surface area contributed by atoms with Gasteiger partial charge in [0.2, 0.25) is 0 Å². The topological polar surface area (TPSA) is 30.9 Å². The Balaban J connectivity index is 1.25. The first-order valence-corrected chi connectivity index (χ1v) is 9.36. The van der Waals surface area contributed by atoms with Crippen LogP contribution in [0.2, 0.25) is 0 Å². The molecule has 24 heavy (non-hydrogen) atoms. The molecule has 3 aliphatic rings. The van der Waals surface area contributed by atoms with E-state index >= 15 is 0 Å². The van der Waals surface area contributed by atoms with Crippen LogP contribution < -0.4 is 4.74 Å². The zero-order valence-corrected chi connectivity index (χ0v) is 14.7. The third kappa shape index (κ3) is 3.93. The Hall–Kier alpha value is -1.10. The number of likely N-dealkylation sites (tertiary alicyclic amines) is 1. The van der Waals surface area contributed by atoms with Crippen molar-refractivity contribution >= 4 is 0 Å². The van der Waals surface area contributed by atoms with Crippen molar-refractivity contribution in [3.05, 3.63) is 29.8 Å². The molecule has 1 aromatic carbocycles. The quantitative estimate of drug-likeness (QED) is 0.801. The van der Waals surface area contributed by atoms with E-state index in [9.17, 15) is 0 Å². The molecule has 0 unspecified atom stereocenters. The summed E-state index contributed by atoms with van der Waals surface area (Å²) in [4.78, 5) is 2.53. The third-order valence-corrected chi connectivity index (χ3v) is 5.75. The van der Waals surface area contributed by atoms with Gasteiger partial charge in [-0.25, -0.2) is 0 Å². The summed E-state index contributed by atoms with van der Waals surface area (Å²) in [5, 5.41) is 0. The molecule has 0 N–H and O–H groups in total. The largest absolute Gasteiger partial charge is 0.497 e. The van der Waals surface area contributed by atoms with Gasteiger partial charge in [0.25, 0.3) is 0 Å². The summed E-state index contributed by atoms with van der Waals surface area (Å²) < 4.78 is 17.6. The van der Waals surface area contributed by atoms with E-state index in [1.807, 2.05) is 6.07 Å². The van der Waals surface area contributed by atoms with Gasteiger partial charge in [-0.2, -0.15) is 0 Å². The second-order valence-corrected chi connectivity index (χ2v) is 7.72. The molecule has 1 spiro atoms. The third-order valence-electron chi connectivity index (χ3n) is 5.75. The maximum atomic E-state index is 6.21. The van der Waals surface area contributed by atoms with Gasteiger partial charge in [-0.1, -0.05) is 12.1 Å². The van der Waals surface area contributed by atoms with Crippen molar-refractivity contribution in [2.45, 2.75) is 50.4 Å². The van der Waals surface area contributed by atoms with E-state index in [1.54, 1.807) is 7.11 Å². The Morgan fingerprint density at radius 1 is 1.25 bits per heavy atom. The molecule has 4 rings (SSSR count). The second-order valence-electron chi connectivity index (χ2n) is 7.72. The van der Waals surface area contributed by atoms with Crippen LogP contribution in [0.5, 0.6) is 5.75 Å². The first kappa shape index (κ1) is 16.4.